The van der Waals surface area contributed by atoms with Gasteiger partial charge in [-0.15, -0.1) is 0 Å². The molecule has 2 aromatic heterocycles. The Morgan fingerprint density at radius 1 is 1.30 bits per heavy atom. The lowest BCUT2D eigenvalue weighted by molar-refractivity contribution is 0.0728. The van der Waals surface area contributed by atoms with Crippen molar-refractivity contribution in [2.24, 2.45) is 0 Å². The molecule has 1 saturated carbocycles. The SMILES string of the molecule is Cc1n[nH]c(C)c1C1CCCN1C(=O)c1ccnc(C2CC2)n1. The van der Waals surface area contributed by atoms with E-state index in [0.29, 0.717) is 11.6 Å². The van der Waals surface area contributed by atoms with Gasteiger partial charge in [-0.25, -0.2) is 9.97 Å². The molecule has 6 heteroatoms. The predicted octanol–water partition coefficient (Wildman–Crippen LogP) is 2.67. The van der Waals surface area contributed by atoms with E-state index in [0.717, 1.165) is 55.0 Å². The van der Waals surface area contributed by atoms with E-state index in [4.69, 9.17) is 0 Å². The first-order valence-corrected chi connectivity index (χ1v) is 8.30. The van der Waals surface area contributed by atoms with E-state index < -0.39 is 0 Å². The minimum Gasteiger partial charge on any atom is -0.330 e. The third-order valence-corrected chi connectivity index (χ3v) is 4.87. The summed E-state index contributed by atoms with van der Waals surface area (Å²) in [5.74, 6) is 1.29. The van der Waals surface area contributed by atoms with Crippen molar-refractivity contribution in [1.29, 1.82) is 0 Å². The van der Waals surface area contributed by atoms with Crippen molar-refractivity contribution < 1.29 is 4.79 Å². The first-order chi connectivity index (χ1) is 11.1. The van der Waals surface area contributed by atoms with Crippen molar-refractivity contribution in [2.45, 2.75) is 51.5 Å². The van der Waals surface area contributed by atoms with Crippen LogP contribution >= 0.6 is 0 Å². The van der Waals surface area contributed by atoms with Crippen molar-refractivity contribution in [3.8, 4) is 0 Å². The lowest BCUT2D eigenvalue weighted by Gasteiger charge is -2.25. The average Bonchev–Trinajstić information content (AvgIpc) is 3.22. The van der Waals surface area contributed by atoms with Crippen LogP contribution in [0.5, 0.6) is 0 Å². The molecule has 120 valence electrons. The molecule has 3 heterocycles. The number of aryl methyl sites for hydroxylation is 2. The number of likely N-dealkylation sites (tertiary alicyclic amines) is 1. The molecule has 0 radical (unpaired) electrons. The second-order valence-corrected chi connectivity index (χ2v) is 6.58. The van der Waals surface area contributed by atoms with E-state index in [1.54, 1.807) is 12.3 Å². The van der Waals surface area contributed by atoms with Gasteiger partial charge >= 0.3 is 0 Å². The quantitative estimate of drug-likeness (QED) is 0.945. The van der Waals surface area contributed by atoms with Gasteiger partial charge in [-0.2, -0.15) is 5.10 Å². The number of amides is 1. The molecule has 1 unspecified atom stereocenters. The molecule has 1 aliphatic heterocycles. The summed E-state index contributed by atoms with van der Waals surface area (Å²) in [5.41, 5.74) is 3.71. The fraction of sp³-hybridized carbons (Fsp3) is 0.529. The summed E-state index contributed by atoms with van der Waals surface area (Å²) in [6, 6.07) is 1.83. The van der Waals surface area contributed by atoms with E-state index in [-0.39, 0.29) is 11.9 Å². The van der Waals surface area contributed by atoms with Crippen LogP contribution in [-0.4, -0.2) is 37.5 Å². The Kier molecular flexibility index (Phi) is 3.39. The van der Waals surface area contributed by atoms with Gasteiger partial charge in [-0.3, -0.25) is 9.89 Å². The molecule has 4 rings (SSSR count). The van der Waals surface area contributed by atoms with Crippen LogP contribution in [0.2, 0.25) is 0 Å². The number of carbonyl (C=O) groups excluding carboxylic acids is 1. The molecule has 1 saturated heterocycles. The van der Waals surface area contributed by atoms with E-state index in [2.05, 4.69) is 20.2 Å². The van der Waals surface area contributed by atoms with Gasteiger partial charge in [-0.05, 0) is 45.6 Å². The Bertz CT molecular complexity index is 730. The van der Waals surface area contributed by atoms with Crippen LogP contribution in [0.15, 0.2) is 12.3 Å². The molecule has 1 atom stereocenters. The van der Waals surface area contributed by atoms with Crippen molar-refractivity contribution in [3.63, 3.8) is 0 Å². The van der Waals surface area contributed by atoms with Gasteiger partial charge in [-0.1, -0.05) is 0 Å². The smallest absolute Gasteiger partial charge is 0.273 e. The van der Waals surface area contributed by atoms with Gasteiger partial charge in [0.1, 0.15) is 11.5 Å². The number of hydrogen-bond donors (Lipinski definition) is 1. The highest BCUT2D eigenvalue weighted by molar-refractivity contribution is 5.92. The maximum Gasteiger partial charge on any atom is 0.273 e. The fourth-order valence-corrected chi connectivity index (χ4v) is 3.54. The Balaban J connectivity index is 1.63. The van der Waals surface area contributed by atoms with E-state index >= 15 is 0 Å². The monoisotopic (exact) mass is 311 g/mol. The van der Waals surface area contributed by atoms with E-state index in [1.165, 1.54) is 0 Å². The van der Waals surface area contributed by atoms with Gasteiger partial charge in [0.15, 0.2) is 0 Å². The highest BCUT2D eigenvalue weighted by atomic mass is 16.2. The minimum atomic E-state index is 0.0109. The average molecular weight is 311 g/mol. The zero-order chi connectivity index (χ0) is 16.0. The Morgan fingerprint density at radius 2 is 2.13 bits per heavy atom. The Hall–Kier alpha value is -2.24. The molecule has 2 aliphatic rings. The highest BCUT2D eigenvalue weighted by Gasteiger charge is 2.34. The molecule has 6 nitrogen and oxygen atoms in total. The molecule has 2 aromatic rings. The molecule has 1 N–H and O–H groups in total. The molecule has 2 fully saturated rings. The number of aromatic amines is 1. The summed E-state index contributed by atoms with van der Waals surface area (Å²) in [6.45, 7) is 4.79. The van der Waals surface area contributed by atoms with Crippen LogP contribution in [-0.2, 0) is 0 Å². The van der Waals surface area contributed by atoms with Gasteiger partial charge < -0.3 is 4.90 Å². The Morgan fingerprint density at radius 3 is 2.83 bits per heavy atom. The van der Waals surface area contributed by atoms with Crippen LogP contribution in [0, 0.1) is 13.8 Å². The number of aromatic nitrogens is 4. The van der Waals surface area contributed by atoms with E-state index in [1.807, 2.05) is 18.7 Å². The third kappa shape index (κ3) is 2.52. The van der Waals surface area contributed by atoms with Gasteiger partial charge in [0, 0.05) is 29.9 Å². The van der Waals surface area contributed by atoms with Gasteiger partial charge in [0.2, 0.25) is 0 Å². The first kappa shape index (κ1) is 14.4. The first-order valence-electron chi connectivity index (χ1n) is 8.30. The second-order valence-electron chi connectivity index (χ2n) is 6.58. The number of nitrogens with one attached hydrogen (secondary N) is 1. The Labute approximate surface area is 135 Å². The molecule has 0 bridgehead atoms. The summed E-state index contributed by atoms with van der Waals surface area (Å²) in [6.07, 6.45) is 5.98. The summed E-state index contributed by atoms with van der Waals surface area (Å²) in [4.78, 5) is 23.7. The van der Waals surface area contributed by atoms with Crippen molar-refractivity contribution in [2.75, 3.05) is 6.54 Å². The van der Waals surface area contributed by atoms with E-state index in [9.17, 15) is 4.79 Å². The van der Waals surface area contributed by atoms with Gasteiger partial charge in [0.25, 0.3) is 5.91 Å². The fourth-order valence-electron chi connectivity index (χ4n) is 3.54. The maximum atomic E-state index is 13.0. The molecule has 23 heavy (non-hydrogen) atoms. The largest absolute Gasteiger partial charge is 0.330 e. The number of H-pyrrole nitrogens is 1. The van der Waals surface area contributed by atoms with Crippen LogP contribution in [0.3, 0.4) is 0 Å². The maximum absolute atomic E-state index is 13.0. The topological polar surface area (TPSA) is 74.8 Å². The summed E-state index contributed by atoms with van der Waals surface area (Å²) >= 11 is 0. The number of rotatable bonds is 3. The van der Waals surface area contributed by atoms with Crippen molar-refractivity contribution in [1.82, 2.24) is 25.1 Å². The number of hydrogen-bond acceptors (Lipinski definition) is 4. The van der Waals surface area contributed by atoms with Crippen LogP contribution < -0.4 is 0 Å². The molecular weight excluding hydrogens is 290 g/mol. The third-order valence-electron chi connectivity index (χ3n) is 4.87. The standard InChI is InChI=1S/C17H21N5O/c1-10-15(11(2)21-20-10)14-4-3-9-22(14)17(23)13-7-8-18-16(19-13)12-5-6-12/h7-8,12,14H,3-6,9H2,1-2H3,(H,20,21). The minimum absolute atomic E-state index is 0.0109. The van der Waals surface area contributed by atoms with Gasteiger partial charge in [0.05, 0.1) is 11.7 Å². The molecule has 1 amide bonds. The van der Waals surface area contributed by atoms with Crippen LogP contribution in [0.25, 0.3) is 0 Å². The predicted molar refractivity (Wildman–Crippen MR) is 85.1 cm³/mol. The lowest BCUT2D eigenvalue weighted by Crippen LogP contribution is -2.32. The van der Waals surface area contributed by atoms with Crippen LogP contribution in [0.1, 0.15) is 70.9 Å². The molecular formula is C17H21N5O. The van der Waals surface area contributed by atoms with Crippen LogP contribution in [0.4, 0.5) is 0 Å². The molecule has 0 aromatic carbocycles. The zero-order valence-corrected chi connectivity index (χ0v) is 13.5. The van der Waals surface area contributed by atoms with Crippen molar-refractivity contribution >= 4 is 5.91 Å². The second kappa shape index (κ2) is 5.44. The zero-order valence-electron chi connectivity index (χ0n) is 13.5. The summed E-state index contributed by atoms with van der Waals surface area (Å²) < 4.78 is 0. The lowest BCUT2D eigenvalue weighted by atomic mass is 10.0. The number of carbonyl (C=O) groups is 1. The number of nitrogens with zero attached hydrogens (tertiary/aromatic N) is 4. The van der Waals surface area contributed by atoms with Crippen molar-refractivity contribution in [3.05, 3.63) is 40.7 Å². The highest BCUT2D eigenvalue weighted by Crippen LogP contribution is 2.38. The normalized spacial score (nSPS) is 21.0. The summed E-state index contributed by atoms with van der Waals surface area (Å²) in [5, 5.41) is 7.32. The molecule has 1 aliphatic carbocycles. The summed E-state index contributed by atoms with van der Waals surface area (Å²) in [7, 11) is 0. The molecule has 0 spiro atoms.